The molecule has 0 aliphatic rings. The van der Waals surface area contributed by atoms with Crippen molar-refractivity contribution in [1.82, 2.24) is 10.3 Å². The number of rotatable bonds is 7. The van der Waals surface area contributed by atoms with Crippen molar-refractivity contribution in [2.75, 3.05) is 5.75 Å². The van der Waals surface area contributed by atoms with Crippen molar-refractivity contribution in [3.63, 3.8) is 0 Å². The molecule has 0 aliphatic heterocycles. The van der Waals surface area contributed by atoms with Crippen molar-refractivity contribution in [2.45, 2.75) is 11.8 Å². The van der Waals surface area contributed by atoms with Crippen LogP contribution in [-0.2, 0) is 15.3 Å². The first-order valence-corrected chi connectivity index (χ1v) is 6.59. The molecule has 1 atom stereocenters. The number of carbonyl (C=O) groups is 2. The van der Waals surface area contributed by atoms with Crippen LogP contribution in [-0.4, -0.2) is 34.3 Å². The maximum atomic E-state index is 10.7. The summed E-state index contributed by atoms with van der Waals surface area (Å²) in [5.74, 6) is -0.0971. The second-order valence-electron chi connectivity index (χ2n) is 2.77. The Labute approximate surface area is 105 Å². The zero-order valence-corrected chi connectivity index (χ0v) is 10.4. The van der Waals surface area contributed by atoms with Gasteiger partial charge in [-0.1, -0.05) is 11.6 Å². The molecule has 1 unspecified atom stereocenters. The van der Waals surface area contributed by atoms with E-state index in [1.807, 2.05) is 0 Å². The molecule has 0 saturated heterocycles. The highest BCUT2D eigenvalue weighted by molar-refractivity contribution is 7.98. The molecule has 1 rings (SSSR count). The van der Waals surface area contributed by atoms with Gasteiger partial charge in [-0.25, -0.2) is 9.78 Å². The molecule has 0 radical (unpaired) electrons. The molecule has 0 bridgehead atoms. The van der Waals surface area contributed by atoms with Gasteiger partial charge < -0.3 is 10.4 Å². The van der Waals surface area contributed by atoms with Gasteiger partial charge in [0.1, 0.15) is 6.04 Å². The monoisotopic (exact) mass is 280 g/mol. The van der Waals surface area contributed by atoms with Gasteiger partial charge in [-0.3, -0.25) is 4.79 Å². The predicted molar refractivity (Wildman–Crippen MR) is 63.9 cm³/mol. The van der Waals surface area contributed by atoms with Crippen molar-refractivity contribution in [2.24, 2.45) is 0 Å². The average molecular weight is 281 g/mol. The second-order valence-corrected chi connectivity index (χ2v) is 5.50. The van der Waals surface area contributed by atoms with Crippen LogP contribution in [0.25, 0.3) is 0 Å². The summed E-state index contributed by atoms with van der Waals surface area (Å²) >= 11 is 8.41. The molecule has 88 valence electrons. The lowest BCUT2D eigenvalue weighted by Gasteiger charge is -2.09. The lowest BCUT2D eigenvalue weighted by Crippen LogP contribution is -2.37. The molecule has 1 aromatic rings. The summed E-state index contributed by atoms with van der Waals surface area (Å²) in [5, 5.41) is 11.0. The van der Waals surface area contributed by atoms with E-state index in [2.05, 4.69) is 10.3 Å². The van der Waals surface area contributed by atoms with Gasteiger partial charge in [-0.05, 0) is 0 Å². The largest absolute Gasteiger partial charge is 0.480 e. The fourth-order valence-electron chi connectivity index (χ4n) is 0.901. The third kappa shape index (κ3) is 4.38. The van der Waals surface area contributed by atoms with Gasteiger partial charge in [-0.15, -0.1) is 11.3 Å². The Balaban J connectivity index is 2.33. The molecule has 0 spiro atoms. The quantitative estimate of drug-likeness (QED) is 0.735. The zero-order valence-electron chi connectivity index (χ0n) is 8.05. The molecule has 5 nitrogen and oxygen atoms in total. The second kappa shape index (κ2) is 6.72. The van der Waals surface area contributed by atoms with Crippen LogP contribution in [0.2, 0.25) is 4.47 Å². The summed E-state index contributed by atoms with van der Waals surface area (Å²) in [5.41, 5.74) is 0. The van der Waals surface area contributed by atoms with Crippen LogP contribution in [0.4, 0.5) is 0 Å². The lowest BCUT2D eigenvalue weighted by atomic mass is 10.3. The first-order valence-electron chi connectivity index (χ1n) is 4.24. The Bertz CT molecular complexity index is 372. The van der Waals surface area contributed by atoms with E-state index in [1.165, 1.54) is 23.1 Å². The van der Waals surface area contributed by atoms with Gasteiger partial charge in [0.05, 0.1) is 0 Å². The van der Waals surface area contributed by atoms with Crippen molar-refractivity contribution in [1.29, 1.82) is 0 Å². The highest BCUT2D eigenvalue weighted by atomic mass is 35.5. The SMILES string of the molecule is O=CNC(CSCc1cnc(Cl)s1)C(=O)O. The summed E-state index contributed by atoms with van der Waals surface area (Å²) in [6, 6.07) is -0.856. The summed E-state index contributed by atoms with van der Waals surface area (Å²) in [7, 11) is 0. The molecule has 0 saturated carbocycles. The van der Waals surface area contributed by atoms with E-state index in [0.29, 0.717) is 22.4 Å². The number of thioether (sulfide) groups is 1. The molecule has 8 heteroatoms. The smallest absolute Gasteiger partial charge is 0.327 e. The maximum Gasteiger partial charge on any atom is 0.327 e. The number of hydrogen-bond acceptors (Lipinski definition) is 5. The number of nitrogens with one attached hydrogen (secondary N) is 1. The van der Waals surface area contributed by atoms with Crippen molar-refractivity contribution in [3.8, 4) is 0 Å². The summed E-state index contributed by atoms with van der Waals surface area (Å²) in [6.07, 6.45) is 2.05. The summed E-state index contributed by atoms with van der Waals surface area (Å²) in [4.78, 5) is 25.7. The Morgan fingerprint density at radius 1 is 1.81 bits per heavy atom. The van der Waals surface area contributed by atoms with Crippen LogP contribution in [0.5, 0.6) is 0 Å². The van der Waals surface area contributed by atoms with Crippen LogP contribution in [0.15, 0.2) is 6.20 Å². The molecule has 2 N–H and O–H groups in total. The summed E-state index contributed by atoms with van der Waals surface area (Å²) in [6.45, 7) is 0. The number of carboxylic acid groups (broad SMARTS) is 1. The fraction of sp³-hybridized carbons (Fsp3) is 0.375. The minimum absolute atomic E-state index is 0.309. The van der Waals surface area contributed by atoms with E-state index in [0.717, 1.165) is 4.88 Å². The highest BCUT2D eigenvalue weighted by Gasteiger charge is 2.15. The van der Waals surface area contributed by atoms with E-state index in [4.69, 9.17) is 16.7 Å². The number of hydrogen-bond donors (Lipinski definition) is 2. The first-order chi connectivity index (χ1) is 7.63. The number of amides is 1. The first kappa shape index (κ1) is 13.3. The molecule has 1 amide bonds. The van der Waals surface area contributed by atoms with E-state index in [9.17, 15) is 9.59 Å². The normalized spacial score (nSPS) is 12.1. The lowest BCUT2D eigenvalue weighted by molar-refractivity contribution is -0.139. The number of aliphatic carboxylic acids is 1. The molecular formula is C8H9ClN2O3S2. The van der Waals surface area contributed by atoms with E-state index in [-0.39, 0.29) is 0 Å². The predicted octanol–water partition coefficient (Wildman–Crippen LogP) is 1.23. The number of thiazole rings is 1. The van der Waals surface area contributed by atoms with Gasteiger partial charge in [0.15, 0.2) is 4.47 Å². The van der Waals surface area contributed by atoms with Crippen molar-refractivity contribution < 1.29 is 14.7 Å². The van der Waals surface area contributed by atoms with E-state index < -0.39 is 12.0 Å². The van der Waals surface area contributed by atoms with E-state index in [1.54, 1.807) is 6.20 Å². The van der Waals surface area contributed by atoms with Crippen LogP contribution in [0.1, 0.15) is 4.88 Å². The molecule has 0 aromatic carbocycles. The van der Waals surface area contributed by atoms with Gasteiger partial charge in [0.25, 0.3) is 0 Å². The van der Waals surface area contributed by atoms with Gasteiger partial charge in [0, 0.05) is 22.6 Å². The van der Waals surface area contributed by atoms with Gasteiger partial charge in [-0.2, -0.15) is 11.8 Å². The Morgan fingerprint density at radius 3 is 3.06 bits per heavy atom. The minimum atomic E-state index is -1.04. The van der Waals surface area contributed by atoms with Crippen molar-refractivity contribution in [3.05, 3.63) is 15.5 Å². The minimum Gasteiger partial charge on any atom is -0.480 e. The Kier molecular flexibility index (Phi) is 5.58. The van der Waals surface area contributed by atoms with Gasteiger partial charge >= 0.3 is 5.97 Å². The summed E-state index contributed by atoms with van der Waals surface area (Å²) < 4.78 is 0.469. The number of nitrogens with zero attached hydrogens (tertiary/aromatic N) is 1. The Morgan fingerprint density at radius 2 is 2.56 bits per heavy atom. The fourth-order valence-corrected chi connectivity index (χ4v) is 3.03. The number of carbonyl (C=O) groups excluding carboxylic acids is 1. The Hall–Kier alpha value is -0.790. The van der Waals surface area contributed by atoms with Crippen LogP contribution in [0, 0.1) is 0 Å². The number of halogens is 1. The zero-order chi connectivity index (χ0) is 12.0. The molecule has 1 heterocycles. The molecule has 0 fully saturated rings. The molecule has 1 aromatic heterocycles. The standard InChI is InChI=1S/C8H9ClN2O3S2/c9-8-10-1-5(16-8)2-15-3-6(7(13)14)11-4-12/h1,4,6H,2-3H2,(H,11,12)(H,13,14). The average Bonchev–Trinajstić information content (AvgIpc) is 2.63. The van der Waals surface area contributed by atoms with Crippen LogP contribution >= 0.6 is 34.7 Å². The van der Waals surface area contributed by atoms with Crippen molar-refractivity contribution >= 4 is 47.1 Å². The van der Waals surface area contributed by atoms with Gasteiger partial charge in [0.2, 0.25) is 6.41 Å². The van der Waals surface area contributed by atoms with Crippen LogP contribution < -0.4 is 5.32 Å². The number of carboxylic acids is 1. The molecular weight excluding hydrogens is 272 g/mol. The third-order valence-electron chi connectivity index (χ3n) is 1.62. The maximum absolute atomic E-state index is 10.7. The highest BCUT2D eigenvalue weighted by Crippen LogP contribution is 2.22. The third-order valence-corrected chi connectivity index (χ3v) is 4.00. The van der Waals surface area contributed by atoms with E-state index >= 15 is 0 Å². The molecule has 0 aliphatic carbocycles. The topological polar surface area (TPSA) is 79.3 Å². The number of aromatic nitrogens is 1. The van der Waals surface area contributed by atoms with Crippen LogP contribution in [0.3, 0.4) is 0 Å². The molecule has 16 heavy (non-hydrogen) atoms.